The van der Waals surface area contributed by atoms with Gasteiger partial charge in [-0.15, -0.1) is 0 Å². The summed E-state index contributed by atoms with van der Waals surface area (Å²) in [4.78, 5) is 41.5. The van der Waals surface area contributed by atoms with Crippen LogP contribution >= 0.6 is 0 Å². The van der Waals surface area contributed by atoms with Gasteiger partial charge in [-0.05, 0) is 54.8 Å². The number of hydrogen-bond acceptors (Lipinski definition) is 5. The van der Waals surface area contributed by atoms with Crippen LogP contribution in [-0.4, -0.2) is 54.2 Å². The van der Waals surface area contributed by atoms with Gasteiger partial charge in [-0.3, -0.25) is 19.3 Å². The second kappa shape index (κ2) is 12.2. The molecule has 1 fully saturated rings. The first-order chi connectivity index (χ1) is 17.5. The SMILES string of the molecule is CNC(=O)c1ccc(CN(CC(=O)N2CCC(C(=O)Nc3ccccc3)CC2)Cc2ccco2)cc1. The van der Waals surface area contributed by atoms with E-state index in [0.29, 0.717) is 44.6 Å². The Hall–Kier alpha value is -3.91. The second-order valence-electron chi connectivity index (χ2n) is 9.01. The molecule has 0 bridgehead atoms. The van der Waals surface area contributed by atoms with Crippen molar-refractivity contribution in [2.24, 2.45) is 5.92 Å². The minimum atomic E-state index is -0.134. The smallest absolute Gasteiger partial charge is 0.251 e. The Balaban J connectivity index is 1.33. The van der Waals surface area contributed by atoms with Crippen molar-refractivity contribution in [3.63, 3.8) is 0 Å². The van der Waals surface area contributed by atoms with Crippen LogP contribution in [0.5, 0.6) is 0 Å². The molecule has 0 saturated carbocycles. The van der Waals surface area contributed by atoms with Crippen LogP contribution in [0.25, 0.3) is 0 Å². The minimum absolute atomic E-state index is 0.00736. The highest BCUT2D eigenvalue weighted by Crippen LogP contribution is 2.20. The van der Waals surface area contributed by atoms with Crippen molar-refractivity contribution in [1.29, 1.82) is 0 Å². The van der Waals surface area contributed by atoms with Crippen molar-refractivity contribution in [2.75, 3.05) is 32.0 Å². The average Bonchev–Trinajstić information content (AvgIpc) is 3.42. The summed E-state index contributed by atoms with van der Waals surface area (Å²) in [6, 6.07) is 20.5. The Morgan fingerprint density at radius 2 is 1.67 bits per heavy atom. The molecule has 0 atom stereocenters. The Morgan fingerprint density at radius 3 is 2.31 bits per heavy atom. The van der Waals surface area contributed by atoms with Crippen molar-refractivity contribution in [3.8, 4) is 0 Å². The third kappa shape index (κ3) is 6.82. The zero-order valence-corrected chi connectivity index (χ0v) is 20.5. The van der Waals surface area contributed by atoms with E-state index in [0.717, 1.165) is 17.0 Å². The first kappa shape index (κ1) is 25.2. The number of carbonyl (C=O) groups excluding carboxylic acids is 3. The highest BCUT2D eigenvalue weighted by molar-refractivity contribution is 5.94. The van der Waals surface area contributed by atoms with E-state index in [-0.39, 0.29) is 30.2 Å². The number of rotatable bonds is 9. The lowest BCUT2D eigenvalue weighted by Crippen LogP contribution is -2.45. The van der Waals surface area contributed by atoms with E-state index in [9.17, 15) is 14.4 Å². The van der Waals surface area contributed by atoms with Gasteiger partial charge in [0.1, 0.15) is 5.76 Å². The molecule has 188 valence electrons. The quantitative estimate of drug-likeness (QED) is 0.481. The maximum atomic E-state index is 13.2. The molecule has 2 heterocycles. The van der Waals surface area contributed by atoms with E-state index in [2.05, 4.69) is 10.6 Å². The average molecular weight is 489 g/mol. The fourth-order valence-electron chi connectivity index (χ4n) is 4.40. The highest BCUT2D eigenvalue weighted by Gasteiger charge is 2.28. The largest absolute Gasteiger partial charge is 0.468 e. The summed E-state index contributed by atoms with van der Waals surface area (Å²) in [5, 5.41) is 5.59. The van der Waals surface area contributed by atoms with Crippen LogP contribution in [-0.2, 0) is 22.7 Å². The number of nitrogens with zero attached hydrogens (tertiary/aromatic N) is 2. The van der Waals surface area contributed by atoms with Gasteiger partial charge in [0.2, 0.25) is 11.8 Å². The molecule has 8 heteroatoms. The van der Waals surface area contributed by atoms with Crippen LogP contribution < -0.4 is 10.6 Å². The Morgan fingerprint density at radius 1 is 0.944 bits per heavy atom. The summed E-state index contributed by atoms with van der Waals surface area (Å²) in [7, 11) is 1.60. The lowest BCUT2D eigenvalue weighted by atomic mass is 9.95. The van der Waals surface area contributed by atoms with Gasteiger partial charge in [-0.1, -0.05) is 30.3 Å². The van der Waals surface area contributed by atoms with Crippen LogP contribution in [0.3, 0.4) is 0 Å². The molecule has 0 spiro atoms. The first-order valence-corrected chi connectivity index (χ1v) is 12.2. The number of amides is 3. The lowest BCUT2D eigenvalue weighted by molar-refractivity contribution is -0.135. The maximum Gasteiger partial charge on any atom is 0.251 e. The Labute approximate surface area is 211 Å². The summed E-state index contributed by atoms with van der Waals surface area (Å²) in [5.41, 5.74) is 2.38. The van der Waals surface area contributed by atoms with Crippen molar-refractivity contribution in [1.82, 2.24) is 15.1 Å². The van der Waals surface area contributed by atoms with Crippen LogP contribution in [0.1, 0.15) is 34.5 Å². The predicted molar refractivity (Wildman–Crippen MR) is 137 cm³/mol. The number of furan rings is 1. The van der Waals surface area contributed by atoms with Gasteiger partial charge >= 0.3 is 0 Å². The molecule has 8 nitrogen and oxygen atoms in total. The van der Waals surface area contributed by atoms with E-state index < -0.39 is 0 Å². The van der Waals surface area contributed by atoms with Gasteiger partial charge in [0.05, 0.1) is 19.4 Å². The number of likely N-dealkylation sites (tertiary alicyclic amines) is 1. The van der Waals surface area contributed by atoms with E-state index in [1.165, 1.54) is 0 Å². The predicted octanol–water partition coefficient (Wildman–Crippen LogP) is 3.52. The van der Waals surface area contributed by atoms with E-state index in [1.54, 1.807) is 25.4 Å². The summed E-state index contributed by atoms with van der Waals surface area (Å²) >= 11 is 0. The number of carbonyl (C=O) groups is 3. The standard InChI is InChI=1S/C28H32N4O4/c1-29-27(34)22-11-9-21(10-12-22)18-31(19-25-8-5-17-36-25)20-26(33)32-15-13-23(14-16-32)28(35)30-24-6-3-2-4-7-24/h2-12,17,23H,13-16,18-20H2,1H3,(H,29,34)(H,30,35). The second-order valence-corrected chi connectivity index (χ2v) is 9.01. The summed E-state index contributed by atoms with van der Waals surface area (Å²) in [6.45, 7) is 2.38. The topological polar surface area (TPSA) is 94.9 Å². The molecule has 1 aromatic heterocycles. The molecular weight excluding hydrogens is 456 g/mol. The number of anilines is 1. The molecule has 0 aliphatic carbocycles. The highest BCUT2D eigenvalue weighted by atomic mass is 16.3. The Kier molecular flexibility index (Phi) is 8.52. The molecular formula is C28H32N4O4. The molecule has 0 unspecified atom stereocenters. The van der Waals surface area contributed by atoms with Gasteiger partial charge in [0.25, 0.3) is 5.91 Å². The van der Waals surface area contributed by atoms with Crippen molar-refractivity contribution < 1.29 is 18.8 Å². The van der Waals surface area contributed by atoms with Gasteiger partial charge in [0, 0.05) is 43.9 Å². The monoisotopic (exact) mass is 488 g/mol. The van der Waals surface area contributed by atoms with Crippen molar-refractivity contribution in [2.45, 2.75) is 25.9 Å². The fourth-order valence-corrected chi connectivity index (χ4v) is 4.40. The van der Waals surface area contributed by atoms with Gasteiger partial charge in [0.15, 0.2) is 0 Å². The van der Waals surface area contributed by atoms with Crippen LogP contribution in [0.4, 0.5) is 5.69 Å². The van der Waals surface area contributed by atoms with Gasteiger partial charge < -0.3 is 20.0 Å². The molecule has 2 N–H and O–H groups in total. The lowest BCUT2D eigenvalue weighted by Gasteiger charge is -2.33. The van der Waals surface area contributed by atoms with Crippen LogP contribution in [0.2, 0.25) is 0 Å². The first-order valence-electron chi connectivity index (χ1n) is 12.2. The number of para-hydroxylation sites is 1. The zero-order valence-electron chi connectivity index (χ0n) is 20.5. The van der Waals surface area contributed by atoms with E-state index in [4.69, 9.17) is 4.42 Å². The molecule has 3 aromatic rings. The molecule has 2 aromatic carbocycles. The van der Waals surface area contributed by atoms with Crippen LogP contribution in [0, 0.1) is 5.92 Å². The van der Waals surface area contributed by atoms with E-state index in [1.807, 2.05) is 64.4 Å². The van der Waals surface area contributed by atoms with E-state index >= 15 is 0 Å². The number of hydrogen-bond donors (Lipinski definition) is 2. The molecule has 36 heavy (non-hydrogen) atoms. The molecule has 1 aliphatic heterocycles. The molecule has 4 rings (SSSR count). The summed E-state index contributed by atoms with van der Waals surface area (Å²) < 4.78 is 5.52. The number of benzene rings is 2. The van der Waals surface area contributed by atoms with Gasteiger partial charge in [-0.25, -0.2) is 0 Å². The maximum absolute atomic E-state index is 13.2. The number of piperidine rings is 1. The molecule has 3 amide bonds. The molecule has 1 aliphatic rings. The van der Waals surface area contributed by atoms with Crippen molar-refractivity contribution in [3.05, 3.63) is 89.9 Å². The third-order valence-corrected chi connectivity index (χ3v) is 6.43. The molecule has 1 saturated heterocycles. The number of nitrogens with one attached hydrogen (secondary N) is 2. The molecule has 0 radical (unpaired) electrons. The summed E-state index contributed by atoms with van der Waals surface area (Å²) in [6.07, 6.45) is 2.91. The summed E-state index contributed by atoms with van der Waals surface area (Å²) in [5.74, 6) is 0.580. The Bertz CT molecular complexity index is 1140. The van der Waals surface area contributed by atoms with Crippen LogP contribution in [0.15, 0.2) is 77.4 Å². The minimum Gasteiger partial charge on any atom is -0.468 e. The fraction of sp³-hybridized carbons (Fsp3) is 0.321. The zero-order chi connectivity index (χ0) is 25.3. The third-order valence-electron chi connectivity index (χ3n) is 6.43. The normalized spacial score (nSPS) is 14.0. The van der Waals surface area contributed by atoms with Crippen molar-refractivity contribution >= 4 is 23.4 Å². The van der Waals surface area contributed by atoms with Gasteiger partial charge in [-0.2, -0.15) is 0 Å².